The van der Waals surface area contributed by atoms with Crippen LogP contribution >= 0.6 is 0 Å². The van der Waals surface area contributed by atoms with E-state index in [0.717, 1.165) is 50.4 Å². The molecule has 0 aromatic heterocycles. The van der Waals surface area contributed by atoms with Gasteiger partial charge < -0.3 is 14.4 Å². The second-order valence-corrected chi connectivity index (χ2v) is 9.78. The standard InChI is InChI=1S/C32H32N2O2/c1-3-9-31-28(7-1)21-33(23-35-31)19-5-6-25-11-13-26(14-12-25)20-27-15-17-30(18-16-27)34-22-29-8-2-4-10-32(29)36-24-34/h1-4,7-18H,5-6,19-24H2. The molecule has 36 heavy (non-hydrogen) atoms. The van der Waals surface area contributed by atoms with Gasteiger partial charge in [0.1, 0.15) is 18.2 Å². The van der Waals surface area contributed by atoms with Crippen molar-refractivity contribution in [2.24, 2.45) is 0 Å². The number of hydrogen-bond donors (Lipinski definition) is 0. The van der Waals surface area contributed by atoms with E-state index in [1.54, 1.807) is 0 Å². The Morgan fingerprint density at radius 3 is 1.89 bits per heavy atom. The van der Waals surface area contributed by atoms with Crippen LogP contribution in [0.25, 0.3) is 0 Å². The molecule has 182 valence electrons. The highest BCUT2D eigenvalue weighted by atomic mass is 16.5. The third kappa shape index (κ3) is 5.24. The van der Waals surface area contributed by atoms with Gasteiger partial charge in [0.2, 0.25) is 0 Å². The van der Waals surface area contributed by atoms with E-state index in [0.29, 0.717) is 13.5 Å². The van der Waals surface area contributed by atoms with Crippen LogP contribution in [0, 0.1) is 0 Å². The minimum absolute atomic E-state index is 0.593. The van der Waals surface area contributed by atoms with E-state index >= 15 is 0 Å². The summed E-state index contributed by atoms with van der Waals surface area (Å²) in [5.41, 5.74) is 7.81. The molecule has 0 unspecified atom stereocenters. The van der Waals surface area contributed by atoms with Crippen molar-refractivity contribution >= 4 is 5.69 Å². The van der Waals surface area contributed by atoms with Crippen LogP contribution in [0.2, 0.25) is 0 Å². The molecule has 0 bridgehead atoms. The van der Waals surface area contributed by atoms with E-state index in [4.69, 9.17) is 9.47 Å². The SMILES string of the molecule is c1ccc2c(c1)CN(CCCc1ccc(Cc3ccc(N4COc5ccccc5C4)cc3)cc1)CO2. The van der Waals surface area contributed by atoms with Crippen LogP contribution in [0.4, 0.5) is 5.69 Å². The zero-order valence-corrected chi connectivity index (χ0v) is 20.6. The predicted octanol–water partition coefficient (Wildman–Crippen LogP) is 6.42. The maximum absolute atomic E-state index is 5.92. The van der Waals surface area contributed by atoms with Gasteiger partial charge in [-0.2, -0.15) is 0 Å². The summed E-state index contributed by atoms with van der Waals surface area (Å²) in [6.45, 7) is 4.19. The number of hydrogen-bond acceptors (Lipinski definition) is 4. The maximum Gasteiger partial charge on any atom is 0.161 e. The van der Waals surface area contributed by atoms with Crippen LogP contribution in [0.3, 0.4) is 0 Å². The summed E-state index contributed by atoms with van der Waals surface area (Å²) in [4.78, 5) is 4.66. The second kappa shape index (κ2) is 10.5. The van der Waals surface area contributed by atoms with Crippen LogP contribution in [-0.4, -0.2) is 24.9 Å². The Morgan fingerprint density at radius 2 is 1.17 bits per heavy atom. The van der Waals surface area contributed by atoms with Crippen molar-refractivity contribution in [3.8, 4) is 11.5 Å². The third-order valence-electron chi connectivity index (χ3n) is 7.15. The van der Waals surface area contributed by atoms with Crippen molar-refractivity contribution in [2.45, 2.75) is 32.4 Å². The maximum atomic E-state index is 5.92. The summed E-state index contributed by atoms with van der Waals surface area (Å²) < 4.78 is 11.8. The molecule has 2 aliphatic heterocycles. The van der Waals surface area contributed by atoms with Crippen molar-refractivity contribution < 1.29 is 9.47 Å². The lowest BCUT2D eigenvalue weighted by Gasteiger charge is -2.30. The molecule has 0 amide bonds. The van der Waals surface area contributed by atoms with E-state index < -0.39 is 0 Å². The average Bonchev–Trinajstić information content (AvgIpc) is 2.94. The quantitative estimate of drug-likeness (QED) is 0.307. The molecule has 0 saturated carbocycles. The lowest BCUT2D eigenvalue weighted by Crippen LogP contribution is -2.32. The number of anilines is 1. The van der Waals surface area contributed by atoms with E-state index in [1.165, 1.54) is 33.5 Å². The molecule has 2 heterocycles. The minimum Gasteiger partial charge on any atom is -0.478 e. The number of benzene rings is 4. The largest absolute Gasteiger partial charge is 0.478 e. The van der Waals surface area contributed by atoms with Crippen molar-refractivity contribution in [3.63, 3.8) is 0 Å². The van der Waals surface area contributed by atoms with Crippen molar-refractivity contribution in [3.05, 3.63) is 125 Å². The molecule has 0 radical (unpaired) electrons. The summed E-state index contributed by atoms with van der Waals surface area (Å²) >= 11 is 0. The van der Waals surface area contributed by atoms with Crippen LogP contribution in [0.15, 0.2) is 97.1 Å². The molecular formula is C32H32N2O2. The fourth-order valence-electron chi connectivity index (χ4n) is 5.10. The Bertz CT molecular complexity index is 1300. The Morgan fingerprint density at radius 1 is 0.583 bits per heavy atom. The highest BCUT2D eigenvalue weighted by molar-refractivity contribution is 5.51. The molecule has 0 saturated heterocycles. The molecular weight excluding hydrogens is 444 g/mol. The monoisotopic (exact) mass is 476 g/mol. The van der Waals surface area contributed by atoms with E-state index in [2.05, 4.69) is 88.7 Å². The first-order valence-corrected chi connectivity index (χ1v) is 12.9. The molecule has 6 rings (SSSR count). The zero-order valence-electron chi connectivity index (χ0n) is 20.6. The zero-order chi connectivity index (χ0) is 24.2. The lowest BCUT2D eigenvalue weighted by molar-refractivity contribution is 0.0943. The Balaban J connectivity index is 0.984. The molecule has 0 N–H and O–H groups in total. The lowest BCUT2D eigenvalue weighted by atomic mass is 10.0. The first-order chi connectivity index (χ1) is 17.8. The van der Waals surface area contributed by atoms with Gasteiger partial charge in [-0.05, 0) is 60.2 Å². The average molecular weight is 477 g/mol. The third-order valence-corrected chi connectivity index (χ3v) is 7.15. The highest BCUT2D eigenvalue weighted by Crippen LogP contribution is 2.28. The van der Waals surface area contributed by atoms with Gasteiger partial charge in [-0.15, -0.1) is 0 Å². The van der Waals surface area contributed by atoms with Crippen molar-refractivity contribution in [1.29, 1.82) is 0 Å². The van der Waals surface area contributed by atoms with Crippen LogP contribution < -0.4 is 14.4 Å². The number of para-hydroxylation sites is 2. The number of rotatable bonds is 7. The van der Waals surface area contributed by atoms with Gasteiger partial charge in [0.05, 0.1) is 0 Å². The smallest absolute Gasteiger partial charge is 0.161 e. The number of ether oxygens (including phenoxy) is 2. The minimum atomic E-state index is 0.593. The van der Waals surface area contributed by atoms with Crippen LogP contribution in [-0.2, 0) is 25.9 Å². The number of nitrogens with zero attached hydrogens (tertiary/aromatic N) is 2. The van der Waals surface area contributed by atoms with Crippen LogP contribution in [0.1, 0.15) is 34.2 Å². The summed E-state index contributed by atoms with van der Waals surface area (Å²) in [5, 5.41) is 0. The topological polar surface area (TPSA) is 24.9 Å². The van der Waals surface area contributed by atoms with Gasteiger partial charge in [-0.25, -0.2) is 0 Å². The molecule has 4 heteroatoms. The summed E-state index contributed by atoms with van der Waals surface area (Å²) in [6.07, 6.45) is 3.18. The molecule has 0 atom stereocenters. The molecule has 4 nitrogen and oxygen atoms in total. The first-order valence-electron chi connectivity index (χ1n) is 12.9. The van der Waals surface area contributed by atoms with E-state index in [-0.39, 0.29) is 0 Å². The molecule has 4 aromatic rings. The highest BCUT2D eigenvalue weighted by Gasteiger charge is 2.17. The molecule has 4 aromatic carbocycles. The van der Waals surface area contributed by atoms with Gasteiger partial charge >= 0.3 is 0 Å². The molecule has 2 aliphatic rings. The Kier molecular flexibility index (Phi) is 6.60. The van der Waals surface area contributed by atoms with Gasteiger partial charge in [-0.3, -0.25) is 4.90 Å². The summed E-state index contributed by atoms with van der Waals surface area (Å²) in [7, 11) is 0. The van der Waals surface area contributed by atoms with Gasteiger partial charge in [-0.1, -0.05) is 72.8 Å². The molecule has 0 fully saturated rings. The van der Waals surface area contributed by atoms with Gasteiger partial charge in [0, 0.05) is 36.4 Å². The van der Waals surface area contributed by atoms with E-state index in [1.807, 2.05) is 18.2 Å². The number of fused-ring (bicyclic) bond motifs is 2. The van der Waals surface area contributed by atoms with Crippen molar-refractivity contribution in [1.82, 2.24) is 4.90 Å². The molecule has 0 spiro atoms. The summed E-state index contributed by atoms with van der Waals surface area (Å²) in [5.74, 6) is 2.03. The Hall–Kier alpha value is -3.76. The first kappa shape index (κ1) is 22.7. The van der Waals surface area contributed by atoms with Gasteiger partial charge in [0.15, 0.2) is 6.73 Å². The molecule has 0 aliphatic carbocycles. The van der Waals surface area contributed by atoms with Crippen molar-refractivity contribution in [2.75, 3.05) is 24.9 Å². The Labute approximate surface area is 213 Å². The van der Waals surface area contributed by atoms with Crippen LogP contribution in [0.5, 0.6) is 11.5 Å². The summed E-state index contributed by atoms with van der Waals surface area (Å²) in [6, 6.07) is 34.7. The van der Waals surface area contributed by atoms with Gasteiger partial charge in [0.25, 0.3) is 0 Å². The second-order valence-electron chi connectivity index (χ2n) is 9.78. The fourth-order valence-corrected chi connectivity index (χ4v) is 5.10. The fraction of sp³-hybridized carbons (Fsp3) is 0.250. The normalized spacial score (nSPS) is 14.9. The predicted molar refractivity (Wildman–Crippen MR) is 144 cm³/mol. The van der Waals surface area contributed by atoms with E-state index in [9.17, 15) is 0 Å². The number of aryl methyl sites for hydroxylation is 1.